The Balaban J connectivity index is 1.83. The van der Waals surface area contributed by atoms with Crippen LogP contribution in [-0.4, -0.2) is 47.5 Å². The van der Waals surface area contributed by atoms with E-state index >= 15 is 0 Å². The lowest BCUT2D eigenvalue weighted by molar-refractivity contribution is 0.0697. The van der Waals surface area contributed by atoms with Crippen LogP contribution in [0.5, 0.6) is 5.75 Å². The molecule has 3 rings (SSSR count). The van der Waals surface area contributed by atoms with Gasteiger partial charge in [-0.25, -0.2) is 9.18 Å². The standard InChI is InChI=1S/C19H20FNO3S/c1-21-10-16(25)8-14(21)11-24-15-6-7-17(19(22)23)18(9-15)12-2-4-13(20)5-3-12/h2-7,9,14,16,25H,8,10-11H2,1H3,(H,22,23)/t14-,16-/m0/s1. The first kappa shape index (κ1) is 17.8. The molecule has 132 valence electrons. The molecule has 1 aliphatic heterocycles. The Hall–Kier alpha value is -2.05. The molecule has 1 aliphatic rings. The zero-order valence-electron chi connectivity index (χ0n) is 13.9. The molecule has 0 aliphatic carbocycles. The molecule has 1 saturated heterocycles. The molecular weight excluding hydrogens is 341 g/mol. The summed E-state index contributed by atoms with van der Waals surface area (Å²) in [5.41, 5.74) is 1.31. The maximum absolute atomic E-state index is 13.2. The van der Waals surface area contributed by atoms with Crippen molar-refractivity contribution in [3.8, 4) is 16.9 Å². The van der Waals surface area contributed by atoms with Gasteiger partial charge in [0.15, 0.2) is 0 Å². The minimum Gasteiger partial charge on any atom is -0.492 e. The lowest BCUT2D eigenvalue weighted by atomic mass is 9.99. The van der Waals surface area contributed by atoms with Gasteiger partial charge >= 0.3 is 5.97 Å². The molecular formula is C19H20FNO3S. The van der Waals surface area contributed by atoms with Gasteiger partial charge in [0.2, 0.25) is 0 Å². The van der Waals surface area contributed by atoms with Crippen LogP contribution in [0.1, 0.15) is 16.8 Å². The Kier molecular flexibility index (Phi) is 5.30. The van der Waals surface area contributed by atoms with Crippen LogP contribution in [-0.2, 0) is 0 Å². The molecule has 25 heavy (non-hydrogen) atoms. The highest BCUT2D eigenvalue weighted by Crippen LogP contribution is 2.29. The van der Waals surface area contributed by atoms with Gasteiger partial charge in [-0.2, -0.15) is 12.6 Å². The van der Waals surface area contributed by atoms with Gasteiger partial charge in [-0.3, -0.25) is 4.90 Å². The fourth-order valence-electron chi connectivity index (χ4n) is 3.11. The van der Waals surface area contributed by atoms with Gasteiger partial charge in [0, 0.05) is 17.8 Å². The van der Waals surface area contributed by atoms with E-state index in [1.54, 1.807) is 24.3 Å². The Morgan fingerprint density at radius 1 is 1.32 bits per heavy atom. The van der Waals surface area contributed by atoms with Gasteiger partial charge in [-0.1, -0.05) is 12.1 Å². The number of ether oxygens (including phenoxy) is 1. The largest absolute Gasteiger partial charge is 0.492 e. The van der Waals surface area contributed by atoms with Crippen molar-refractivity contribution in [3.05, 3.63) is 53.8 Å². The summed E-state index contributed by atoms with van der Waals surface area (Å²) in [6, 6.07) is 10.9. The third-order valence-electron chi connectivity index (χ3n) is 4.49. The highest BCUT2D eigenvalue weighted by atomic mass is 32.1. The first-order valence-corrected chi connectivity index (χ1v) is 8.60. The number of carboxylic acid groups (broad SMARTS) is 1. The second-order valence-corrected chi connectivity index (χ2v) is 7.04. The average molecular weight is 361 g/mol. The van der Waals surface area contributed by atoms with E-state index in [1.165, 1.54) is 18.2 Å². The molecule has 0 bridgehead atoms. The molecule has 0 spiro atoms. The van der Waals surface area contributed by atoms with Gasteiger partial charge in [0.05, 0.1) is 5.56 Å². The van der Waals surface area contributed by atoms with Crippen LogP contribution >= 0.6 is 12.6 Å². The van der Waals surface area contributed by atoms with E-state index in [4.69, 9.17) is 4.74 Å². The summed E-state index contributed by atoms with van der Waals surface area (Å²) in [5.74, 6) is -0.793. The lowest BCUT2D eigenvalue weighted by Gasteiger charge is -2.20. The van der Waals surface area contributed by atoms with E-state index in [1.807, 2.05) is 7.05 Å². The van der Waals surface area contributed by atoms with Crippen molar-refractivity contribution in [2.75, 3.05) is 20.2 Å². The third kappa shape index (κ3) is 4.14. The first-order valence-electron chi connectivity index (χ1n) is 8.08. The number of thiol groups is 1. The summed E-state index contributed by atoms with van der Waals surface area (Å²) in [4.78, 5) is 13.7. The molecule has 0 aromatic heterocycles. The van der Waals surface area contributed by atoms with Crippen molar-refractivity contribution in [2.45, 2.75) is 17.7 Å². The molecule has 1 heterocycles. The normalized spacial score (nSPS) is 20.6. The summed E-state index contributed by atoms with van der Waals surface area (Å²) in [6.07, 6.45) is 0.956. The van der Waals surface area contributed by atoms with Gasteiger partial charge < -0.3 is 9.84 Å². The number of nitrogens with zero attached hydrogens (tertiary/aromatic N) is 1. The van der Waals surface area contributed by atoms with E-state index in [0.29, 0.717) is 28.7 Å². The average Bonchev–Trinajstić information content (AvgIpc) is 2.91. The number of benzene rings is 2. The first-order chi connectivity index (χ1) is 11.9. The SMILES string of the molecule is CN1C[C@@H](S)C[C@H]1COc1ccc(C(=O)O)c(-c2ccc(F)cc2)c1. The summed E-state index contributed by atoms with van der Waals surface area (Å²) in [5, 5.41) is 9.76. The minimum absolute atomic E-state index is 0.160. The summed E-state index contributed by atoms with van der Waals surface area (Å²) >= 11 is 4.51. The zero-order chi connectivity index (χ0) is 18.0. The summed E-state index contributed by atoms with van der Waals surface area (Å²) < 4.78 is 19.0. The van der Waals surface area contributed by atoms with E-state index in [0.717, 1.165) is 13.0 Å². The molecule has 4 nitrogen and oxygen atoms in total. The monoisotopic (exact) mass is 361 g/mol. The number of carboxylic acids is 1. The van der Waals surface area contributed by atoms with Crippen molar-refractivity contribution in [1.82, 2.24) is 4.90 Å². The number of hydrogen-bond acceptors (Lipinski definition) is 4. The molecule has 1 fully saturated rings. The number of rotatable bonds is 5. The van der Waals surface area contributed by atoms with E-state index in [2.05, 4.69) is 17.5 Å². The van der Waals surface area contributed by atoms with Crippen molar-refractivity contribution < 1.29 is 19.0 Å². The Morgan fingerprint density at radius 3 is 2.64 bits per heavy atom. The molecule has 0 amide bonds. The highest BCUT2D eigenvalue weighted by molar-refractivity contribution is 7.81. The molecule has 0 radical (unpaired) electrons. The number of carbonyl (C=O) groups is 1. The van der Waals surface area contributed by atoms with E-state index < -0.39 is 5.97 Å². The van der Waals surface area contributed by atoms with Crippen molar-refractivity contribution in [2.24, 2.45) is 0 Å². The summed E-state index contributed by atoms with van der Waals surface area (Å²) in [6.45, 7) is 1.44. The van der Waals surface area contributed by atoms with Crippen LogP contribution in [0.4, 0.5) is 4.39 Å². The lowest BCUT2D eigenvalue weighted by Crippen LogP contribution is -2.30. The topological polar surface area (TPSA) is 49.8 Å². The Labute approximate surface area is 151 Å². The maximum atomic E-state index is 13.2. The molecule has 6 heteroatoms. The number of likely N-dealkylation sites (tertiary alicyclic amines) is 1. The molecule has 2 aromatic rings. The number of halogens is 1. The predicted molar refractivity (Wildman–Crippen MR) is 98.1 cm³/mol. The fraction of sp³-hybridized carbons (Fsp3) is 0.316. The smallest absolute Gasteiger partial charge is 0.336 e. The molecule has 2 aromatic carbocycles. The number of hydrogen-bond donors (Lipinski definition) is 2. The van der Waals surface area contributed by atoms with Gasteiger partial charge in [0.1, 0.15) is 18.2 Å². The second kappa shape index (κ2) is 7.45. The molecule has 0 unspecified atom stereocenters. The van der Waals surface area contributed by atoms with Crippen LogP contribution in [0.3, 0.4) is 0 Å². The molecule has 1 N–H and O–H groups in total. The van der Waals surface area contributed by atoms with Crippen LogP contribution in [0, 0.1) is 5.82 Å². The predicted octanol–water partition coefficient (Wildman–Crippen LogP) is 3.57. The second-order valence-electron chi connectivity index (χ2n) is 6.31. The third-order valence-corrected chi connectivity index (χ3v) is 4.86. The minimum atomic E-state index is -1.03. The number of aromatic carboxylic acids is 1. The fourth-order valence-corrected chi connectivity index (χ4v) is 3.61. The molecule has 0 saturated carbocycles. The van der Waals surface area contributed by atoms with Gasteiger partial charge in [0.25, 0.3) is 0 Å². The Bertz CT molecular complexity index is 766. The van der Waals surface area contributed by atoms with Crippen LogP contribution in [0.2, 0.25) is 0 Å². The van der Waals surface area contributed by atoms with Gasteiger partial charge in [-0.15, -0.1) is 0 Å². The van der Waals surface area contributed by atoms with E-state index in [9.17, 15) is 14.3 Å². The quantitative estimate of drug-likeness (QED) is 0.800. The van der Waals surface area contributed by atoms with E-state index in [-0.39, 0.29) is 17.4 Å². The highest BCUT2D eigenvalue weighted by Gasteiger charge is 2.27. The van der Waals surface area contributed by atoms with Gasteiger partial charge in [-0.05, 0) is 54.9 Å². The molecule has 2 atom stereocenters. The van der Waals surface area contributed by atoms with Crippen molar-refractivity contribution >= 4 is 18.6 Å². The maximum Gasteiger partial charge on any atom is 0.336 e. The summed E-state index contributed by atoms with van der Waals surface area (Å²) in [7, 11) is 2.04. The van der Waals surface area contributed by atoms with Crippen molar-refractivity contribution in [1.29, 1.82) is 0 Å². The van der Waals surface area contributed by atoms with Crippen LogP contribution in [0.15, 0.2) is 42.5 Å². The number of likely N-dealkylation sites (N-methyl/N-ethyl adjacent to an activating group) is 1. The Morgan fingerprint density at radius 2 is 2.04 bits per heavy atom. The van der Waals surface area contributed by atoms with Crippen molar-refractivity contribution in [3.63, 3.8) is 0 Å². The van der Waals surface area contributed by atoms with Crippen LogP contribution < -0.4 is 4.74 Å². The zero-order valence-corrected chi connectivity index (χ0v) is 14.7. The van der Waals surface area contributed by atoms with Crippen LogP contribution in [0.25, 0.3) is 11.1 Å².